The molecule has 1 saturated heterocycles. The summed E-state index contributed by atoms with van der Waals surface area (Å²) >= 11 is 0. The Morgan fingerprint density at radius 1 is 1.15 bits per heavy atom. The third-order valence-corrected chi connectivity index (χ3v) is 9.82. The van der Waals surface area contributed by atoms with Gasteiger partial charge in [-0.1, -0.05) is 18.2 Å². The second-order valence-electron chi connectivity index (χ2n) is 12.3. The minimum atomic E-state index is -5.04. The smallest absolute Gasteiger partial charge is 0.355 e. The Labute approximate surface area is 270 Å². The minimum absolute atomic E-state index is 0.0650. The lowest BCUT2D eigenvalue weighted by atomic mass is 9.61. The third-order valence-electron chi connectivity index (χ3n) is 8.84. The molecule has 11 nitrogen and oxygen atoms in total. The Bertz CT molecular complexity index is 1920. The Hall–Kier alpha value is -4.63. The largest absolute Gasteiger partial charge is 0.484 e. The van der Waals surface area contributed by atoms with Gasteiger partial charge in [-0.2, -0.15) is 13.9 Å². The lowest BCUT2D eigenvalue weighted by Gasteiger charge is -2.58. The van der Waals surface area contributed by atoms with Crippen molar-refractivity contribution in [2.45, 2.75) is 37.7 Å². The maximum absolute atomic E-state index is 13.5. The van der Waals surface area contributed by atoms with Crippen LogP contribution in [0, 0.1) is 16.6 Å². The van der Waals surface area contributed by atoms with Crippen molar-refractivity contribution >= 4 is 32.9 Å². The number of nitrogen functional groups attached to an aromatic ring is 1. The summed E-state index contributed by atoms with van der Waals surface area (Å²) in [6.45, 7) is 3.84. The summed E-state index contributed by atoms with van der Waals surface area (Å²) in [7, 11) is -1.22. The number of aromatic nitrogens is 3. The number of nitrogens with zero attached hydrogens (tertiary/aromatic N) is 4. The Kier molecular flexibility index (Phi) is 8.38. The summed E-state index contributed by atoms with van der Waals surface area (Å²) in [6, 6.07) is 9.76. The van der Waals surface area contributed by atoms with E-state index in [2.05, 4.69) is 27.3 Å². The molecule has 2 aromatic carbocycles. The predicted molar refractivity (Wildman–Crippen MR) is 174 cm³/mol. The van der Waals surface area contributed by atoms with Gasteiger partial charge in [0, 0.05) is 49.2 Å². The maximum atomic E-state index is 13.5. The molecule has 1 aliphatic carbocycles. The fraction of sp³-hybridized carbons (Fsp3) is 0.344. The van der Waals surface area contributed by atoms with Crippen molar-refractivity contribution in [1.82, 2.24) is 19.7 Å². The monoisotopic (exact) mass is 668 g/mol. The molecule has 1 spiro atoms. The van der Waals surface area contributed by atoms with Crippen LogP contribution in [0.1, 0.15) is 48.6 Å². The van der Waals surface area contributed by atoms with E-state index in [4.69, 9.17) is 15.9 Å². The number of ether oxygens (including phenoxy) is 1. The van der Waals surface area contributed by atoms with Crippen LogP contribution in [0.2, 0.25) is 0 Å². The average molecular weight is 669 g/mol. The van der Waals surface area contributed by atoms with E-state index in [9.17, 15) is 21.6 Å². The topological polar surface area (TPSA) is 151 Å². The molecule has 2 aromatic heterocycles. The first-order valence-corrected chi connectivity index (χ1v) is 16.5. The zero-order valence-electron chi connectivity index (χ0n) is 26.0. The van der Waals surface area contributed by atoms with E-state index in [1.165, 1.54) is 42.5 Å². The van der Waals surface area contributed by atoms with Gasteiger partial charge >= 0.3 is 5.76 Å². The number of pyridine rings is 1. The number of hydrogen-bond donors (Lipinski definition) is 4. The van der Waals surface area contributed by atoms with Gasteiger partial charge in [-0.3, -0.25) is 14.8 Å². The van der Waals surface area contributed by atoms with Gasteiger partial charge in [-0.15, -0.1) is 0 Å². The zero-order chi connectivity index (χ0) is 33.7. The average Bonchev–Trinajstić information content (AvgIpc) is 3.48. The van der Waals surface area contributed by atoms with Crippen LogP contribution in [-0.2, 0) is 10.0 Å². The summed E-state index contributed by atoms with van der Waals surface area (Å²) in [5, 5.41) is 16.9. The van der Waals surface area contributed by atoms with E-state index >= 15 is 0 Å². The number of anilines is 3. The molecule has 1 saturated carbocycles. The van der Waals surface area contributed by atoms with Gasteiger partial charge in [0.05, 0.1) is 34.9 Å². The highest BCUT2D eigenvalue weighted by molar-refractivity contribution is 7.93. The third kappa shape index (κ3) is 6.24. The molecule has 5 N–H and O–H groups in total. The number of likely N-dealkylation sites (tertiary alicyclic amines) is 1. The summed E-state index contributed by atoms with van der Waals surface area (Å²) < 4.78 is 74.0. The fourth-order valence-corrected chi connectivity index (χ4v) is 7.18. The van der Waals surface area contributed by atoms with Gasteiger partial charge in [0.2, 0.25) is 0 Å². The van der Waals surface area contributed by atoms with E-state index in [0.717, 1.165) is 31.5 Å². The molecule has 2 fully saturated rings. The minimum Gasteiger partial charge on any atom is -0.484 e. The molecule has 1 aliphatic heterocycles. The van der Waals surface area contributed by atoms with Gasteiger partial charge in [-0.25, -0.2) is 17.8 Å². The Morgan fingerprint density at radius 3 is 2.49 bits per heavy atom. The number of sulfonamides is 1. The molecule has 0 radical (unpaired) electrons. The maximum Gasteiger partial charge on any atom is 0.355 e. The molecule has 2 aliphatic rings. The van der Waals surface area contributed by atoms with Crippen molar-refractivity contribution in [2.75, 3.05) is 43.0 Å². The van der Waals surface area contributed by atoms with Crippen LogP contribution >= 0.6 is 0 Å². The van der Waals surface area contributed by atoms with Crippen LogP contribution in [0.25, 0.3) is 11.1 Å². The number of benzene rings is 2. The highest BCUT2D eigenvalue weighted by atomic mass is 32.2. The van der Waals surface area contributed by atoms with Gasteiger partial charge < -0.3 is 20.7 Å². The summed E-state index contributed by atoms with van der Waals surface area (Å²) in [4.78, 5) is 6.69. The van der Waals surface area contributed by atoms with Crippen molar-refractivity contribution in [2.24, 2.45) is 5.41 Å². The highest BCUT2D eigenvalue weighted by Gasteiger charge is 2.51. The molecule has 6 rings (SSSR count). The molecule has 0 bridgehead atoms. The molecule has 3 heterocycles. The predicted octanol–water partition coefficient (Wildman–Crippen LogP) is 5.50. The van der Waals surface area contributed by atoms with Crippen molar-refractivity contribution in [3.05, 3.63) is 83.6 Å². The highest BCUT2D eigenvalue weighted by Crippen LogP contribution is 2.53. The van der Waals surface area contributed by atoms with Crippen LogP contribution in [0.5, 0.6) is 5.75 Å². The normalized spacial score (nSPS) is 16.8. The second-order valence-corrected chi connectivity index (χ2v) is 14.0. The molecule has 4 aromatic rings. The van der Waals surface area contributed by atoms with E-state index in [1.54, 1.807) is 26.4 Å². The molecule has 0 unspecified atom stereocenters. The van der Waals surface area contributed by atoms with Crippen molar-refractivity contribution in [3.63, 3.8) is 0 Å². The molecule has 1 atom stereocenters. The zero-order valence-corrected chi connectivity index (χ0v) is 26.8. The summed E-state index contributed by atoms with van der Waals surface area (Å²) in [5.74, 6) is -4.21. The molecule has 0 amide bonds. The number of nitrogens with one attached hydrogen (secondary N) is 3. The fourth-order valence-electron chi connectivity index (χ4n) is 6.61. The van der Waals surface area contributed by atoms with Crippen LogP contribution in [0.4, 0.5) is 30.4 Å². The van der Waals surface area contributed by atoms with Gasteiger partial charge in [0.25, 0.3) is 10.0 Å². The first-order valence-electron chi connectivity index (χ1n) is 14.9. The van der Waals surface area contributed by atoms with E-state index in [-0.39, 0.29) is 34.1 Å². The van der Waals surface area contributed by atoms with Gasteiger partial charge in [-0.05, 0) is 62.1 Å². The van der Waals surface area contributed by atoms with E-state index < -0.39 is 27.7 Å². The first kappa shape index (κ1) is 32.3. The number of rotatable bonds is 11. The first-order chi connectivity index (χ1) is 22.3. The van der Waals surface area contributed by atoms with Crippen molar-refractivity contribution in [1.29, 1.82) is 5.41 Å². The lowest BCUT2D eigenvalue weighted by molar-refractivity contribution is -0.0786. The molecule has 15 heteroatoms. The molecule has 248 valence electrons. The van der Waals surface area contributed by atoms with E-state index in [1.807, 2.05) is 15.6 Å². The van der Waals surface area contributed by atoms with Gasteiger partial charge in [0.15, 0.2) is 0 Å². The second kappa shape index (κ2) is 12.2. The summed E-state index contributed by atoms with van der Waals surface area (Å²) in [6.07, 6.45) is 6.73. The van der Waals surface area contributed by atoms with E-state index in [0.29, 0.717) is 28.3 Å². The molecular formula is C32H35F3N8O3S. The van der Waals surface area contributed by atoms with Crippen molar-refractivity contribution in [3.8, 4) is 16.9 Å². The number of nitrogens with two attached hydrogens (primary N) is 1. The number of halogens is 3. The van der Waals surface area contributed by atoms with Crippen molar-refractivity contribution < 1.29 is 26.3 Å². The Morgan fingerprint density at radius 2 is 1.85 bits per heavy atom. The van der Waals surface area contributed by atoms with Crippen LogP contribution in [0.15, 0.2) is 61.1 Å². The molecular weight excluding hydrogens is 633 g/mol. The summed E-state index contributed by atoms with van der Waals surface area (Å²) in [5.41, 5.74) is 9.43. The Balaban J connectivity index is 1.32. The SMILES string of the molecule is CNc1c(-c2cnn(C3CC4(C3)CN(C)C4)c2)cnc(N)c1C(=N)c1ccc(NS(=O)(=O)C(F)F)c(O[C@@H](C)c2ccc(F)cc2)c1. The quantitative estimate of drug-likeness (QED) is 0.153. The standard InChI is InChI=1S/C32H35F3N8O3S/c1-18(19-4-7-22(33)8-5-19)46-26-10-20(6-9-25(26)41-47(44,45)31(34)35)28(36)27-29(38-2)24(14-39-30(27)37)21-13-40-43(15-21)23-11-32(12-23)16-42(3)17-32/h4-10,13-15,18,23,31,36,41H,11-12,16-17H2,1-3H3,(H3,37,38,39)/t18-/m0/s1. The number of hydrogen-bond acceptors (Lipinski definition) is 9. The van der Waals surface area contributed by atoms with Crippen LogP contribution in [0.3, 0.4) is 0 Å². The lowest BCUT2D eigenvalue weighted by Crippen LogP contribution is -2.60. The van der Waals surface area contributed by atoms with Crippen LogP contribution in [-0.4, -0.2) is 66.7 Å². The van der Waals surface area contributed by atoms with Crippen LogP contribution < -0.4 is 20.5 Å². The number of alkyl halides is 2. The molecule has 47 heavy (non-hydrogen) atoms. The van der Waals surface area contributed by atoms with Gasteiger partial charge in [0.1, 0.15) is 23.5 Å².